The van der Waals surface area contributed by atoms with E-state index in [0.717, 1.165) is 19.4 Å². The van der Waals surface area contributed by atoms with Crippen LogP contribution in [0.5, 0.6) is 0 Å². The first kappa shape index (κ1) is 13.6. The number of amides is 1. The predicted octanol–water partition coefficient (Wildman–Crippen LogP) is 3.93. The van der Waals surface area contributed by atoms with Crippen LogP contribution in [0.1, 0.15) is 54.4 Å². The highest BCUT2D eigenvalue weighted by Crippen LogP contribution is 2.35. The molecule has 3 heteroatoms. The zero-order chi connectivity index (χ0) is 14.1. The van der Waals surface area contributed by atoms with Crippen LogP contribution in [0.15, 0.2) is 18.2 Å². The van der Waals surface area contributed by atoms with E-state index in [1.165, 1.54) is 31.7 Å². The van der Waals surface area contributed by atoms with Crippen LogP contribution in [0, 0.1) is 18.7 Å². The van der Waals surface area contributed by atoms with Gasteiger partial charge in [-0.1, -0.05) is 12.8 Å². The molecule has 1 aromatic rings. The fourth-order valence-corrected chi connectivity index (χ4v) is 3.82. The Morgan fingerprint density at radius 3 is 2.75 bits per heavy atom. The Morgan fingerprint density at radius 2 is 1.95 bits per heavy atom. The number of fused-ring (bicyclic) bond motifs is 1. The Bertz CT molecular complexity index is 512. The van der Waals surface area contributed by atoms with E-state index in [9.17, 15) is 9.18 Å². The van der Waals surface area contributed by atoms with Gasteiger partial charge >= 0.3 is 0 Å². The average molecular weight is 275 g/mol. The lowest BCUT2D eigenvalue weighted by atomic mass is 9.78. The maximum atomic E-state index is 13.3. The van der Waals surface area contributed by atoms with Gasteiger partial charge in [0.1, 0.15) is 5.82 Å². The van der Waals surface area contributed by atoms with Gasteiger partial charge in [0, 0.05) is 18.2 Å². The van der Waals surface area contributed by atoms with Crippen LogP contribution in [0.25, 0.3) is 0 Å². The minimum absolute atomic E-state index is 0.0877. The first-order chi connectivity index (χ1) is 9.66. The maximum Gasteiger partial charge on any atom is 0.254 e. The first-order valence-electron chi connectivity index (χ1n) is 7.74. The van der Waals surface area contributed by atoms with Crippen molar-refractivity contribution in [2.45, 2.75) is 51.5 Å². The standard InChI is InChI=1S/C17H22FNO/c1-12-11-14(8-9-15(12)18)17(20)19-10-4-6-13-5-2-3-7-16(13)19/h8-9,11,13,16H,2-7,10H2,1H3. The van der Waals surface area contributed by atoms with Crippen molar-refractivity contribution < 1.29 is 9.18 Å². The van der Waals surface area contributed by atoms with Crippen LogP contribution < -0.4 is 0 Å². The molecule has 2 atom stereocenters. The van der Waals surface area contributed by atoms with E-state index in [2.05, 4.69) is 4.90 Å². The molecule has 0 spiro atoms. The van der Waals surface area contributed by atoms with Crippen molar-refractivity contribution in [3.63, 3.8) is 0 Å². The fraction of sp³-hybridized carbons (Fsp3) is 0.588. The number of hydrogen-bond donors (Lipinski definition) is 0. The molecule has 2 aliphatic rings. The van der Waals surface area contributed by atoms with Crippen LogP contribution in [0.2, 0.25) is 0 Å². The average Bonchev–Trinajstić information content (AvgIpc) is 2.49. The van der Waals surface area contributed by atoms with Crippen LogP contribution in [0.4, 0.5) is 4.39 Å². The quantitative estimate of drug-likeness (QED) is 0.760. The smallest absolute Gasteiger partial charge is 0.254 e. The van der Waals surface area contributed by atoms with Crippen molar-refractivity contribution >= 4 is 5.91 Å². The summed E-state index contributed by atoms with van der Waals surface area (Å²) in [7, 11) is 0. The molecule has 0 bridgehead atoms. The van der Waals surface area contributed by atoms with E-state index in [-0.39, 0.29) is 11.7 Å². The second-order valence-electron chi connectivity index (χ2n) is 6.22. The molecule has 2 unspecified atom stereocenters. The summed E-state index contributed by atoms with van der Waals surface area (Å²) in [6, 6.07) is 5.13. The van der Waals surface area contributed by atoms with Crippen molar-refractivity contribution in [2.24, 2.45) is 5.92 Å². The highest BCUT2D eigenvalue weighted by molar-refractivity contribution is 5.94. The normalized spacial score (nSPS) is 26.2. The monoisotopic (exact) mass is 275 g/mol. The third-order valence-corrected chi connectivity index (χ3v) is 4.91. The largest absolute Gasteiger partial charge is 0.335 e. The maximum absolute atomic E-state index is 13.3. The molecule has 108 valence electrons. The van der Waals surface area contributed by atoms with Gasteiger partial charge in [-0.2, -0.15) is 0 Å². The second-order valence-corrected chi connectivity index (χ2v) is 6.22. The van der Waals surface area contributed by atoms with Gasteiger partial charge in [0.2, 0.25) is 0 Å². The van der Waals surface area contributed by atoms with Gasteiger partial charge in [-0.3, -0.25) is 4.79 Å². The van der Waals surface area contributed by atoms with Crippen LogP contribution in [0.3, 0.4) is 0 Å². The predicted molar refractivity (Wildman–Crippen MR) is 77.2 cm³/mol. The van der Waals surface area contributed by atoms with Gasteiger partial charge in [-0.05, 0) is 62.3 Å². The zero-order valence-corrected chi connectivity index (χ0v) is 12.1. The van der Waals surface area contributed by atoms with Gasteiger partial charge in [-0.25, -0.2) is 4.39 Å². The molecular weight excluding hydrogens is 253 g/mol. The summed E-state index contributed by atoms with van der Waals surface area (Å²) in [6.45, 7) is 2.57. The lowest BCUT2D eigenvalue weighted by Crippen LogP contribution is -2.49. The Kier molecular flexibility index (Phi) is 3.77. The van der Waals surface area contributed by atoms with Gasteiger partial charge in [0.25, 0.3) is 5.91 Å². The molecule has 1 saturated heterocycles. The molecule has 2 fully saturated rings. The fourth-order valence-electron chi connectivity index (χ4n) is 3.82. The summed E-state index contributed by atoms with van der Waals surface area (Å²) in [5.74, 6) is 0.531. The molecule has 1 saturated carbocycles. The molecular formula is C17H22FNO. The minimum atomic E-state index is -0.240. The number of carbonyl (C=O) groups excluding carboxylic acids is 1. The summed E-state index contributed by atoms with van der Waals surface area (Å²) in [4.78, 5) is 14.8. The van der Waals surface area contributed by atoms with Crippen molar-refractivity contribution in [1.82, 2.24) is 4.90 Å². The molecule has 3 rings (SSSR count). The molecule has 0 radical (unpaired) electrons. The van der Waals surface area contributed by atoms with E-state index in [1.807, 2.05) is 0 Å². The number of hydrogen-bond acceptors (Lipinski definition) is 1. The molecule has 1 aliphatic heterocycles. The lowest BCUT2D eigenvalue weighted by Gasteiger charge is -2.44. The molecule has 20 heavy (non-hydrogen) atoms. The number of piperidine rings is 1. The van der Waals surface area contributed by atoms with Crippen LogP contribution >= 0.6 is 0 Å². The zero-order valence-electron chi connectivity index (χ0n) is 12.1. The number of aryl methyl sites for hydroxylation is 1. The number of halogens is 1. The Morgan fingerprint density at radius 1 is 1.20 bits per heavy atom. The van der Waals surface area contributed by atoms with Crippen LogP contribution in [-0.4, -0.2) is 23.4 Å². The summed E-state index contributed by atoms with van der Waals surface area (Å²) < 4.78 is 13.3. The Balaban J connectivity index is 1.83. The van der Waals surface area contributed by atoms with E-state index < -0.39 is 0 Å². The molecule has 1 amide bonds. The van der Waals surface area contributed by atoms with Gasteiger partial charge < -0.3 is 4.90 Å². The highest BCUT2D eigenvalue weighted by Gasteiger charge is 2.35. The Hall–Kier alpha value is -1.38. The third kappa shape index (κ3) is 2.46. The SMILES string of the molecule is Cc1cc(C(=O)N2CCCC3CCCCC32)ccc1F. The molecule has 0 N–H and O–H groups in total. The van der Waals surface area contributed by atoms with E-state index >= 15 is 0 Å². The van der Waals surface area contributed by atoms with Gasteiger partial charge in [0.05, 0.1) is 0 Å². The lowest BCUT2D eigenvalue weighted by molar-refractivity contribution is 0.0390. The number of rotatable bonds is 1. The molecule has 1 aromatic carbocycles. The van der Waals surface area contributed by atoms with Gasteiger partial charge in [0.15, 0.2) is 0 Å². The number of carbonyl (C=O) groups is 1. The van der Waals surface area contributed by atoms with Crippen molar-refractivity contribution in [3.8, 4) is 0 Å². The van der Waals surface area contributed by atoms with E-state index in [1.54, 1.807) is 19.1 Å². The first-order valence-corrected chi connectivity index (χ1v) is 7.74. The molecule has 1 aliphatic carbocycles. The molecule has 1 heterocycles. The number of nitrogens with zero attached hydrogens (tertiary/aromatic N) is 1. The molecule has 2 nitrogen and oxygen atoms in total. The number of likely N-dealkylation sites (tertiary alicyclic amines) is 1. The summed E-state index contributed by atoms with van der Waals surface area (Å²) in [5, 5.41) is 0. The molecule has 0 aromatic heterocycles. The van der Waals surface area contributed by atoms with E-state index in [0.29, 0.717) is 23.1 Å². The van der Waals surface area contributed by atoms with Crippen molar-refractivity contribution in [1.29, 1.82) is 0 Å². The van der Waals surface area contributed by atoms with Gasteiger partial charge in [-0.15, -0.1) is 0 Å². The Labute approximate surface area is 120 Å². The van der Waals surface area contributed by atoms with Crippen molar-refractivity contribution in [2.75, 3.05) is 6.54 Å². The summed E-state index contributed by atoms with van der Waals surface area (Å²) in [6.07, 6.45) is 7.30. The van der Waals surface area contributed by atoms with Crippen molar-refractivity contribution in [3.05, 3.63) is 35.1 Å². The minimum Gasteiger partial charge on any atom is -0.335 e. The number of benzene rings is 1. The summed E-state index contributed by atoms with van der Waals surface area (Å²) in [5.41, 5.74) is 1.18. The third-order valence-electron chi connectivity index (χ3n) is 4.91. The topological polar surface area (TPSA) is 20.3 Å². The van der Waals surface area contributed by atoms with E-state index in [4.69, 9.17) is 0 Å². The summed E-state index contributed by atoms with van der Waals surface area (Å²) >= 11 is 0. The second kappa shape index (κ2) is 5.55. The van der Waals surface area contributed by atoms with Crippen LogP contribution in [-0.2, 0) is 0 Å². The highest BCUT2D eigenvalue weighted by atomic mass is 19.1.